The van der Waals surface area contributed by atoms with Gasteiger partial charge < -0.3 is 0 Å². The van der Waals surface area contributed by atoms with E-state index < -0.39 is 11.0 Å². The van der Waals surface area contributed by atoms with Crippen LogP contribution in [0.15, 0.2) is 36.0 Å². The maximum absolute atomic E-state index is 12.8. The second kappa shape index (κ2) is 7.10. The van der Waals surface area contributed by atoms with Gasteiger partial charge >= 0.3 is 0 Å². The molecule has 0 amide bonds. The summed E-state index contributed by atoms with van der Waals surface area (Å²) in [5, 5.41) is 18.8. The Hall–Kier alpha value is -2.61. The van der Waals surface area contributed by atoms with E-state index in [-0.39, 0.29) is 17.9 Å². The van der Waals surface area contributed by atoms with Crippen LogP contribution in [0.3, 0.4) is 0 Å². The van der Waals surface area contributed by atoms with Gasteiger partial charge in [0.05, 0.1) is 21.9 Å². The Balaban J connectivity index is 1.93. The number of hydrogen-bond donors (Lipinski definition) is 0. The topological polar surface area (TPSA) is 90.9 Å². The van der Waals surface area contributed by atoms with Crippen molar-refractivity contribution in [1.82, 2.24) is 14.8 Å². The summed E-state index contributed by atoms with van der Waals surface area (Å²) in [6.07, 6.45) is 4.39. The van der Waals surface area contributed by atoms with Crippen molar-refractivity contribution in [2.75, 3.05) is 0 Å². The van der Waals surface area contributed by atoms with E-state index in [0.29, 0.717) is 17.9 Å². The first-order valence-electron chi connectivity index (χ1n) is 7.98. The Morgan fingerprint density at radius 2 is 2.20 bits per heavy atom. The molecule has 0 saturated carbocycles. The molecule has 0 saturated heterocycles. The molecule has 7 nitrogen and oxygen atoms in total. The molecule has 0 bridgehead atoms. The standard InChI is InChI=1S/C17H18N4O3S/c1-11(2)7-15(16(22)9-17-18-5-6-25-17)20-10-12-3-4-13(21(23)24)8-14(12)19-20/h3-6,8,10-11,15H,7,9H2,1-2H3. The lowest BCUT2D eigenvalue weighted by Gasteiger charge is -2.18. The molecule has 2 heterocycles. The number of fused-ring (bicyclic) bond motifs is 1. The summed E-state index contributed by atoms with van der Waals surface area (Å²) < 4.78 is 1.64. The van der Waals surface area contributed by atoms with Gasteiger partial charge in [-0.25, -0.2) is 4.98 Å². The third kappa shape index (κ3) is 3.90. The second-order valence-electron chi connectivity index (χ2n) is 6.32. The first kappa shape index (κ1) is 17.2. The molecule has 3 aromatic rings. The van der Waals surface area contributed by atoms with Gasteiger partial charge in [-0.3, -0.25) is 19.6 Å². The Labute approximate surface area is 148 Å². The van der Waals surface area contributed by atoms with Gasteiger partial charge in [-0.1, -0.05) is 13.8 Å². The van der Waals surface area contributed by atoms with Crippen LogP contribution in [0.25, 0.3) is 10.9 Å². The number of aromatic nitrogens is 3. The molecule has 130 valence electrons. The molecule has 0 radical (unpaired) electrons. The van der Waals surface area contributed by atoms with Crippen LogP contribution in [0.1, 0.15) is 31.3 Å². The molecule has 0 aliphatic rings. The smallest absolute Gasteiger partial charge is 0.271 e. The van der Waals surface area contributed by atoms with Crippen LogP contribution in [-0.4, -0.2) is 25.5 Å². The summed E-state index contributed by atoms with van der Waals surface area (Å²) in [5.74, 6) is 0.359. The zero-order valence-corrected chi connectivity index (χ0v) is 14.8. The molecule has 1 unspecified atom stereocenters. The summed E-state index contributed by atoms with van der Waals surface area (Å²) in [4.78, 5) is 27.5. The lowest BCUT2D eigenvalue weighted by molar-refractivity contribution is -0.384. The molecule has 3 rings (SSSR count). The normalized spacial score (nSPS) is 12.6. The van der Waals surface area contributed by atoms with Crippen LogP contribution < -0.4 is 0 Å². The number of thiazole rings is 1. The van der Waals surface area contributed by atoms with Gasteiger partial charge in [-0.15, -0.1) is 11.3 Å². The first-order chi connectivity index (χ1) is 11.9. The molecule has 0 aliphatic carbocycles. The first-order valence-corrected chi connectivity index (χ1v) is 8.86. The highest BCUT2D eigenvalue weighted by molar-refractivity contribution is 7.09. The minimum absolute atomic E-state index is 0.00716. The molecule has 0 N–H and O–H groups in total. The molecule has 2 aromatic heterocycles. The predicted molar refractivity (Wildman–Crippen MR) is 95.7 cm³/mol. The van der Waals surface area contributed by atoms with Crippen molar-refractivity contribution in [2.45, 2.75) is 32.7 Å². The van der Waals surface area contributed by atoms with Crippen LogP contribution in [0.5, 0.6) is 0 Å². The molecule has 8 heteroatoms. The molecule has 1 aromatic carbocycles. The quantitative estimate of drug-likeness (QED) is 0.473. The number of ketones is 1. The monoisotopic (exact) mass is 358 g/mol. The predicted octanol–water partition coefficient (Wildman–Crippen LogP) is 3.80. The van der Waals surface area contributed by atoms with Crippen molar-refractivity contribution in [2.24, 2.45) is 5.92 Å². The molecule has 0 spiro atoms. The van der Waals surface area contributed by atoms with Crippen molar-refractivity contribution in [3.8, 4) is 0 Å². The molecule has 0 aliphatic heterocycles. The Morgan fingerprint density at radius 3 is 2.84 bits per heavy atom. The highest BCUT2D eigenvalue weighted by Gasteiger charge is 2.24. The largest absolute Gasteiger partial charge is 0.297 e. The Morgan fingerprint density at radius 1 is 1.40 bits per heavy atom. The molecule has 1 atom stereocenters. The van der Waals surface area contributed by atoms with E-state index in [0.717, 1.165) is 10.4 Å². The van der Waals surface area contributed by atoms with Gasteiger partial charge in [-0.05, 0) is 18.4 Å². The third-order valence-corrected chi connectivity index (χ3v) is 4.69. The van der Waals surface area contributed by atoms with Gasteiger partial charge in [0, 0.05) is 35.3 Å². The lowest BCUT2D eigenvalue weighted by atomic mass is 9.99. The van der Waals surface area contributed by atoms with Gasteiger partial charge in [-0.2, -0.15) is 5.10 Å². The Bertz CT molecular complexity index is 902. The van der Waals surface area contributed by atoms with Crippen molar-refractivity contribution in [3.05, 3.63) is 51.1 Å². The minimum atomic E-state index is -0.447. The van der Waals surface area contributed by atoms with E-state index in [2.05, 4.69) is 23.9 Å². The van der Waals surface area contributed by atoms with Crippen molar-refractivity contribution < 1.29 is 9.72 Å². The number of rotatable bonds is 7. The minimum Gasteiger partial charge on any atom is -0.297 e. The molecular weight excluding hydrogens is 340 g/mol. The fourth-order valence-corrected chi connectivity index (χ4v) is 3.36. The number of benzene rings is 1. The summed E-state index contributed by atoms with van der Waals surface area (Å²) in [5.41, 5.74) is 0.511. The summed E-state index contributed by atoms with van der Waals surface area (Å²) in [6.45, 7) is 4.11. The van der Waals surface area contributed by atoms with E-state index in [4.69, 9.17) is 0 Å². The van der Waals surface area contributed by atoms with Gasteiger partial charge in [0.25, 0.3) is 5.69 Å². The van der Waals surface area contributed by atoms with Crippen LogP contribution in [-0.2, 0) is 11.2 Å². The van der Waals surface area contributed by atoms with E-state index in [9.17, 15) is 14.9 Å². The number of nitrogens with zero attached hydrogens (tertiary/aromatic N) is 4. The summed E-state index contributed by atoms with van der Waals surface area (Å²) in [6, 6.07) is 4.14. The highest BCUT2D eigenvalue weighted by Crippen LogP contribution is 2.25. The van der Waals surface area contributed by atoms with Crippen LogP contribution in [0, 0.1) is 16.0 Å². The molecule has 0 fully saturated rings. The maximum Gasteiger partial charge on any atom is 0.271 e. The maximum atomic E-state index is 12.8. The fraction of sp³-hybridized carbons (Fsp3) is 0.353. The number of Topliss-reactive ketones (excluding diaryl/α,β-unsaturated/α-hetero) is 1. The lowest BCUT2D eigenvalue weighted by Crippen LogP contribution is -2.23. The Kier molecular flexibility index (Phi) is 4.89. The molecule has 25 heavy (non-hydrogen) atoms. The SMILES string of the molecule is CC(C)CC(C(=O)Cc1nccs1)n1cc2ccc([N+](=O)[O-])cc2n1. The van der Waals surface area contributed by atoms with Crippen molar-refractivity contribution in [3.63, 3.8) is 0 Å². The van der Waals surface area contributed by atoms with E-state index in [1.54, 1.807) is 23.1 Å². The number of carbonyl (C=O) groups excluding carboxylic acids is 1. The van der Waals surface area contributed by atoms with Crippen LogP contribution in [0.4, 0.5) is 5.69 Å². The van der Waals surface area contributed by atoms with Crippen molar-refractivity contribution in [1.29, 1.82) is 0 Å². The van der Waals surface area contributed by atoms with Crippen LogP contribution >= 0.6 is 11.3 Å². The average molecular weight is 358 g/mol. The average Bonchev–Trinajstić information content (AvgIpc) is 3.20. The van der Waals surface area contributed by atoms with E-state index in [1.807, 2.05) is 5.38 Å². The number of nitro groups is 1. The van der Waals surface area contributed by atoms with Gasteiger partial charge in [0.2, 0.25) is 0 Å². The zero-order chi connectivity index (χ0) is 18.0. The van der Waals surface area contributed by atoms with Crippen LogP contribution in [0.2, 0.25) is 0 Å². The highest BCUT2D eigenvalue weighted by atomic mass is 32.1. The second-order valence-corrected chi connectivity index (χ2v) is 7.30. The van der Waals surface area contributed by atoms with E-state index in [1.165, 1.54) is 23.5 Å². The van der Waals surface area contributed by atoms with Crippen molar-refractivity contribution >= 4 is 33.7 Å². The number of carbonyl (C=O) groups is 1. The zero-order valence-electron chi connectivity index (χ0n) is 14.0. The summed E-state index contributed by atoms with van der Waals surface area (Å²) >= 11 is 1.46. The van der Waals surface area contributed by atoms with Gasteiger partial charge in [0.15, 0.2) is 5.78 Å². The number of hydrogen-bond acceptors (Lipinski definition) is 6. The molecular formula is C17H18N4O3S. The fourth-order valence-electron chi connectivity index (χ4n) is 2.74. The van der Waals surface area contributed by atoms with Gasteiger partial charge in [0.1, 0.15) is 6.04 Å². The third-order valence-electron chi connectivity index (χ3n) is 3.91. The summed E-state index contributed by atoms with van der Waals surface area (Å²) in [7, 11) is 0. The van der Waals surface area contributed by atoms with E-state index >= 15 is 0 Å². The number of non-ortho nitro benzene ring substituents is 1. The number of nitro benzene ring substituents is 1.